The Morgan fingerprint density at radius 2 is 0.737 bits per heavy atom. The van der Waals surface area contributed by atoms with Gasteiger partial charge >= 0.3 is 0 Å². The van der Waals surface area contributed by atoms with Crippen molar-refractivity contribution < 1.29 is 0 Å². The number of fused-ring (bicyclic) bond motifs is 2. The highest BCUT2D eigenvalue weighted by Gasteiger charge is 2.21. The Bertz CT molecular complexity index is 2860. The molecule has 9 aromatic carbocycles. The molecule has 1 aromatic heterocycles. The second-order valence-electron chi connectivity index (χ2n) is 14.3. The number of aromatic nitrogens is 1. The van der Waals surface area contributed by atoms with Crippen LogP contribution in [0.3, 0.4) is 0 Å². The Hall–Kier alpha value is -7.55. The number of hydrogen-bond acceptors (Lipinski definition) is 2. The maximum Gasteiger partial charge on any atom is 0.137 e. The van der Waals surface area contributed by atoms with Gasteiger partial charge in [0.05, 0.1) is 5.69 Å². The van der Waals surface area contributed by atoms with Crippen LogP contribution < -0.4 is 4.90 Å². The Kier molecular flexibility index (Phi) is 8.91. The minimum absolute atomic E-state index is 0.862. The first-order valence-electron chi connectivity index (χ1n) is 19.5. The molecule has 10 aromatic rings. The fourth-order valence-corrected chi connectivity index (χ4v) is 8.31. The monoisotopic (exact) mass is 726 g/mol. The molecule has 0 atom stereocenters. The van der Waals surface area contributed by atoms with Crippen LogP contribution in [0.25, 0.3) is 77.2 Å². The van der Waals surface area contributed by atoms with Crippen LogP contribution in [0.1, 0.15) is 0 Å². The zero-order valence-electron chi connectivity index (χ0n) is 31.3. The van der Waals surface area contributed by atoms with Crippen LogP contribution >= 0.6 is 0 Å². The van der Waals surface area contributed by atoms with Gasteiger partial charge in [0.2, 0.25) is 0 Å². The van der Waals surface area contributed by atoms with Crippen LogP contribution in [0.15, 0.2) is 231 Å². The normalized spacial score (nSPS) is 11.2. The summed E-state index contributed by atoms with van der Waals surface area (Å²) < 4.78 is 0. The summed E-state index contributed by atoms with van der Waals surface area (Å²) in [5, 5.41) is 4.90. The Labute approximate surface area is 333 Å². The Morgan fingerprint density at radius 1 is 0.298 bits per heavy atom. The van der Waals surface area contributed by atoms with Gasteiger partial charge in [-0.2, -0.15) is 0 Å². The van der Waals surface area contributed by atoms with Crippen molar-refractivity contribution in [2.75, 3.05) is 4.90 Å². The highest BCUT2D eigenvalue weighted by molar-refractivity contribution is 6.21. The predicted octanol–water partition coefficient (Wildman–Crippen LogP) is 15.2. The van der Waals surface area contributed by atoms with Gasteiger partial charge in [-0.05, 0) is 120 Å². The number of nitrogens with zero attached hydrogens (tertiary/aromatic N) is 2. The molecule has 57 heavy (non-hydrogen) atoms. The third-order valence-electron chi connectivity index (χ3n) is 10.9. The number of pyridine rings is 1. The van der Waals surface area contributed by atoms with E-state index in [9.17, 15) is 0 Å². The van der Waals surface area contributed by atoms with Crippen LogP contribution in [0.2, 0.25) is 0 Å². The molecular formula is C55H38N2. The molecule has 0 aliphatic rings. The fraction of sp³-hybridized carbons (Fsp3) is 0. The summed E-state index contributed by atoms with van der Waals surface area (Å²) in [7, 11) is 0. The van der Waals surface area contributed by atoms with Crippen molar-refractivity contribution >= 4 is 38.7 Å². The molecular weight excluding hydrogens is 689 g/mol. The first-order valence-corrected chi connectivity index (χ1v) is 19.5. The lowest BCUT2D eigenvalue weighted by Gasteiger charge is -2.27. The van der Waals surface area contributed by atoms with Crippen LogP contribution in [-0.2, 0) is 0 Å². The third kappa shape index (κ3) is 6.44. The van der Waals surface area contributed by atoms with Crippen molar-refractivity contribution in [2.24, 2.45) is 0 Å². The molecule has 0 amide bonds. The number of anilines is 3. The summed E-state index contributed by atoms with van der Waals surface area (Å²) in [6.07, 6.45) is 1.86. The molecule has 268 valence electrons. The van der Waals surface area contributed by atoms with Gasteiger partial charge in [0.1, 0.15) is 5.82 Å². The van der Waals surface area contributed by atoms with Crippen molar-refractivity contribution in [3.8, 4) is 55.6 Å². The van der Waals surface area contributed by atoms with Gasteiger partial charge in [-0.1, -0.05) is 176 Å². The quantitative estimate of drug-likeness (QED) is 0.145. The van der Waals surface area contributed by atoms with E-state index in [0.29, 0.717) is 0 Å². The topological polar surface area (TPSA) is 16.1 Å². The van der Waals surface area contributed by atoms with Gasteiger partial charge < -0.3 is 0 Å². The highest BCUT2D eigenvalue weighted by Crippen LogP contribution is 2.46. The molecule has 0 aliphatic heterocycles. The van der Waals surface area contributed by atoms with E-state index in [2.05, 4.69) is 217 Å². The number of para-hydroxylation sites is 1. The molecule has 10 rings (SSSR count). The number of hydrogen-bond donors (Lipinski definition) is 0. The van der Waals surface area contributed by atoms with Crippen molar-refractivity contribution in [3.63, 3.8) is 0 Å². The molecule has 0 unspecified atom stereocenters. The van der Waals surface area contributed by atoms with Crippen molar-refractivity contribution in [1.29, 1.82) is 0 Å². The third-order valence-corrected chi connectivity index (χ3v) is 10.9. The van der Waals surface area contributed by atoms with Gasteiger partial charge in [-0.15, -0.1) is 0 Å². The number of rotatable bonds is 8. The summed E-state index contributed by atoms with van der Waals surface area (Å²) in [4.78, 5) is 7.10. The maximum atomic E-state index is 4.84. The minimum Gasteiger partial charge on any atom is -0.294 e. The average Bonchev–Trinajstić information content (AvgIpc) is 3.30. The summed E-state index contributed by atoms with van der Waals surface area (Å²) >= 11 is 0. The lowest BCUT2D eigenvalue weighted by Crippen LogP contribution is -2.12. The van der Waals surface area contributed by atoms with Crippen LogP contribution in [0.5, 0.6) is 0 Å². The second-order valence-corrected chi connectivity index (χ2v) is 14.3. The van der Waals surface area contributed by atoms with E-state index in [1.54, 1.807) is 0 Å². The van der Waals surface area contributed by atoms with Crippen molar-refractivity contribution in [3.05, 3.63) is 231 Å². The minimum atomic E-state index is 0.862. The van der Waals surface area contributed by atoms with Gasteiger partial charge in [0.25, 0.3) is 0 Å². The van der Waals surface area contributed by atoms with Gasteiger partial charge in [0.15, 0.2) is 0 Å². The SMILES string of the molecule is c1ccc(-c2cc(-c3ccccc3)cc(-c3c4ccccc4c(-c4ccc(N(c5ccccn5)c5ccccc5-c5ccccc5)cc4)c4ccccc34)c2)cc1. The molecule has 0 fully saturated rings. The second kappa shape index (κ2) is 14.9. The van der Waals surface area contributed by atoms with E-state index in [1.165, 1.54) is 60.5 Å². The highest BCUT2D eigenvalue weighted by atomic mass is 15.2. The zero-order chi connectivity index (χ0) is 38.0. The van der Waals surface area contributed by atoms with E-state index in [4.69, 9.17) is 4.98 Å². The van der Waals surface area contributed by atoms with Crippen LogP contribution in [0, 0.1) is 0 Å². The Balaban J connectivity index is 1.16. The molecule has 0 bridgehead atoms. The molecule has 0 saturated carbocycles. The van der Waals surface area contributed by atoms with Crippen molar-refractivity contribution in [2.45, 2.75) is 0 Å². The Morgan fingerprint density at radius 3 is 1.26 bits per heavy atom. The van der Waals surface area contributed by atoms with Gasteiger partial charge in [-0.25, -0.2) is 4.98 Å². The molecule has 2 heteroatoms. The van der Waals surface area contributed by atoms with E-state index in [0.717, 1.165) is 33.9 Å². The molecule has 0 N–H and O–H groups in total. The maximum absolute atomic E-state index is 4.84. The van der Waals surface area contributed by atoms with Crippen LogP contribution in [0.4, 0.5) is 17.2 Å². The lowest BCUT2D eigenvalue weighted by molar-refractivity contribution is 1.18. The van der Waals surface area contributed by atoms with Crippen LogP contribution in [-0.4, -0.2) is 4.98 Å². The molecule has 0 saturated heterocycles. The molecule has 0 aliphatic carbocycles. The largest absolute Gasteiger partial charge is 0.294 e. The smallest absolute Gasteiger partial charge is 0.137 e. The van der Waals surface area contributed by atoms with Crippen molar-refractivity contribution in [1.82, 2.24) is 4.98 Å². The summed E-state index contributed by atoms with van der Waals surface area (Å²) in [5.74, 6) is 0.862. The average molecular weight is 727 g/mol. The summed E-state index contributed by atoms with van der Waals surface area (Å²) in [6, 6.07) is 80.5. The molecule has 2 nitrogen and oxygen atoms in total. The summed E-state index contributed by atoms with van der Waals surface area (Å²) in [6.45, 7) is 0. The molecule has 1 heterocycles. The number of benzene rings is 9. The first-order chi connectivity index (χ1) is 28.3. The molecule has 0 spiro atoms. The van der Waals surface area contributed by atoms with E-state index in [-0.39, 0.29) is 0 Å². The molecule has 0 radical (unpaired) electrons. The zero-order valence-corrected chi connectivity index (χ0v) is 31.3. The summed E-state index contributed by atoms with van der Waals surface area (Å²) in [5.41, 5.74) is 14.1. The van der Waals surface area contributed by atoms with E-state index >= 15 is 0 Å². The standard InChI is InChI=1S/C55H38N2/c1-4-18-39(19-5-1)43-36-44(40-20-6-2-7-21-40)38-45(37-43)55-50-27-12-10-25-48(50)54(49-26-11-13-28-51(49)55)42-31-33-46(34-32-42)57(53-30-16-17-35-56-53)52-29-15-14-24-47(52)41-22-8-3-9-23-41/h1-38H. The predicted molar refractivity (Wildman–Crippen MR) is 241 cm³/mol. The fourth-order valence-electron chi connectivity index (χ4n) is 8.31. The van der Waals surface area contributed by atoms with Gasteiger partial charge in [-0.3, -0.25) is 4.90 Å². The van der Waals surface area contributed by atoms with E-state index in [1.807, 2.05) is 18.3 Å². The first kappa shape index (κ1) is 34.0. The van der Waals surface area contributed by atoms with E-state index < -0.39 is 0 Å². The van der Waals surface area contributed by atoms with Gasteiger partial charge in [0, 0.05) is 17.4 Å². The lowest BCUT2D eigenvalue weighted by atomic mass is 9.84.